The number of aromatic nitrogens is 1. The molecule has 1 atom stereocenters. The van der Waals surface area contributed by atoms with E-state index in [1.165, 1.54) is 0 Å². The van der Waals surface area contributed by atoms with Gasteiger partial charge in [0.05, 0.1) is 17.6 Å². The molecule has 1 aromatic rings. The van der Waals surface area contributed by atoms with Crippen molar-refractivity contribution in [2.75, 3.05) is 18.5 Å². The van der Waals surface area contributed by atoms with Gasteiger partial charge in [-0.05, 0) is 24.5 Å². The molecule has 0 aliphatic rings. The van der Waals surface area contributed by atoms with Crippen LogP contribution in [0.3, 0.4) is 0 Å². The third-order valence-electron chi connectivity index (χ3n) is 2.39. The molecule has 3 nitrogen and oxygen atoms in total. The Morgan fingerprint density at radius 3 is 2.38 bits per heavy atom. The molecule has 3 heteroatoms. The molecule has 1 rings (SSSR count). The van der Waals surface area contributed by atoms with Crippen LogP contribution in [0.5, 0.6) is 0 Å². The van der Waals surface area contributed by atoms with Gasteiger partial charge in [0.15, 0.2) is 0 Å². The van der Waals surface area contributed by atoms with Crippen molar-refractivity contribution in [2.45, 2.75) is 33.7 Å². The van der Waals surface area contributed by atoms with Crippen LogP contribution in [0, 0.1) is 5.41 Å². The van der Waals surface area contributed by atoms with E-state index in [0.717, 1.165) is 17.9 Å². The fourth-order valence-corrected chi connectivity index (χ4v) is 1.70. The lowest BCUT2D eigenvalue weighted by molar-refractivity contribution is 0.419. The van der Waals surface area contributed by atoms with Crippen LogP contribution in [-0.4, -0.2) is 18.6 Å². The highest BCUT2D eigenvalue weighted by atomic mass is 15.1. The summed E-state index contributed by atoms with van der Waals surface area (Å²) >= 11 is 0. The Kier molecular flexibility index (Phi) is 3.92. The number of nitrogens with two attached hydrogens (primary N) is 1. The lowest BCUT2D eigenvalue weighted by atomic mass is 9.96. The van der Waals surface area contributed by atoms with Crippen LogP contribution in [0.2, 0.25) is 0 Å². The van der Waals surface area contributed by atoms with Gasteiger partial charge >= 0.3 is 0 Å². The van der Waals surface area contributed by atoms with Gasteiger partial charge in [0.2, 0.25) is 0 Å². The second-order valence-electron chi connectivity index (χ2n) is 5.65. The minimum absolute atomic E-state index is 0.00183. The Labute approximate surface area is 98.7 Å². The average Bonchev–Trinajstić information content (AvgIpc) is 2.15. The van der Waals surface area contributed by atoms with E-state index in [1.807, 2.05) is 19.2 Å². The normalized spacial score (nSPS) is 13.6. The molecule has 0 aromatic carbocycles. The number of anilines is 1. The molecule has 1 aromatic heterocycles. The van der Waals surface area contributed by atoms with Crippen LogP contribution in [-0.2, 0) is 0 Å². The third-order valence-corrected chi connectivity index (χ3v) is 2.39. The number of nitrogens with zero attached hydrogens (tertiary/aromatic N) is 2. The Morgan fingerprint density at radius 2 is 2.00 bits per heavy atom. The first-order valence-corrected chi connectivity index (χ1v) is 5.72. The predicted octanol–water partition coefficient (Wildman–Crippen LogP) is 2.58. The second kappa shape index (κ2) is 4.83. The maximum absolute atomic E-state index is 5.77. The first-order valence-electron chi connectivity index (χ1n) is 5.72. The van der Waals surface area contributed by atoms with E-state index in [4.69, 9.17) is 5.73 Å². The Morgan fingerprint density at radius 1 is 1.38 bits per heavy atom. The highest BCUT2D eigenvalue weighted by Gasteiger charge is 2.14. The molecule has 0 bridgehead atoms. The SMILES string of the molecule is C[C@@H](N)c1ccc(N(C)CC(C)(C)C)cn1. The number of rotatable bonds is 3. The first kappa shape index (κ1) is 13.0. The predicted molar refractivity (Wildman–Crippen MR) is 69.6 cm³/mol. The van der Waals surface area contributed by atoms with Crippen molar-refractivity contribution >= 4 is 5.69 Å². The first-order chi connectivity index (χ1) is 7.29. The summed E-state index contributed by atoms with van der Waals surface area (Å²) in [6, 6.07) is 4.08. The molecule has 0 radical (unpaired) electrons. The maximum atomic E-state index is 5.77. The van der Waals surface area contributed by atoms with Gasteiger partial charge in [0, 0.05) is 19.6 Å². The Balaban J connectivity index is 2.74. The van der Waals surface area contributed by atoms with Gasteiger partial charge in [-0.25, -0.2) is 0 Å². The zero-order chi connectivity index (χ0) is 12.3. The van der Waals surface area contributed by atoms with Crippen molar-refractivity contribution in [1.29, 1.82) is 0 Å². The van der Waals surface area contributed by atoms with Crippen LogP contribution in [0.15, 0.2) is 18.3 Å². The molecular weight excluding hydrogens is 198 g/mol. The molecule has 0 unspecified atom stereocenters. The van der Waals surface area contributed by atoms with Gasteiger partial charge in [0.25, 0.3) is 0 Å². The van der Waals surface area contributed by atoms with Gasteiger partial charge in [0.1, 0.15) is 0 Å². The molecule has 0 aliphatic heterocycles. The summed E-state index contributed by atoms with van der Waals surface area (Å²) < 4.78 is 0. The summed E-state index contributed by atoms with van der Waals surface area (Å²) in [5.41, 5.74) is 8.13. The molecule has 0 fully saturated rings. The van der Waals surface area contributed by atoms with E-state index in [-0.39, 0.29) is 11.5 Å². The summed E-state index contributed by atoms with van der Waals surface area (Å²) in [6.45, 7) is 9.64. The molecular formula is C13H23N3. The van der Waals surface area contributed by atoms with Gasteiger partial charge in [-0.2, -0.15) is 0 Å². The van der Waals surface area contributed by atoms with Crippen molar-refractivity contribution in [3.63, 3.8) is 0 Å². The summed E-state index contributed by atoms with van der Waals surface area (Å²) in [4.78, 5) is 6.58. The zero-order valence-corrected chi connectivity index (χ0v) is 11.0. The van der Waals surface area contributed by atoms with Crippen molar-refractivity contribution in [3.8, 4) is 0 Å². The van der Waals surface area contributed by atoms with Crippen LogP contribution in [0.1, 0.15) is 39.4 Å². The lowest BCUT2D eigenvalue weighted by Crippen LogP contribution is -2.29. The summed E-state index contributed by atoms with van der Waals surface area (Å²) in [5, 5.41) is 0. The minimum atomic E-state index is 0.00183. The number of hydrogen-bond acceptors (Lipinski definition) is 3. The van der Waals surface area contributed by atoms with Crippen molar-refractivity contribution in [1.82, 2.24) is 4.98 Å². The molecule has 0 amide bonds. The quantitative estimate of drug-likeness (QED) is 0.853. The smallest absolute Gasteiger partial charge is 0.0569 e. The maximum Gasteiger partial charge on any atom is 0.0569 e. The van der Waals surface area contributed by atoms with Crippen molar-refractivity contribution in [2.24, 2.45) is 11.1 Å². The number of pyridine rings is 1. The lowest BCUT2D eigenvalue weighted by Gasteiger charge is -2.28. The molecule has 0 saturated carbocycles. The fraction of sp³-hybridized carbons (Fsp3) is 0.615. The standard InChI is InChI=1S/C13H23N3/c1-10(14)12-7-6-11(8-15-12)16(5)9-13(2,3)4/h6-8,10H,9,14H2,1-5H3/t10-/m1/s1. The molecule has 0 aliphatic carbocycles. The second-order valence-corrected chi connectivity index (χ2v) is 5.65. The van der Waals surface area contributed by atoms with E-state index in [0.29, 0.717) is 0 Å². The van der Waals surface area contributed by atoms with E-state index in [1.54, 1.807) is 0 Å². The zero-order valence-electron chi connectivity index (χ0n) is 11.0. The molecule has 0 spiro atoms. The molecule has 16 heavy (non-hydrogen) atoms. The third kappa shape index (κ3) is 3.81. The van der Waals surface area contributed by atoms with Crippen LogP contribution in [0.4, 0.5) is 5.69 Å². The highest BCUT2D eigenvalue weighted by molar-refractivity contribution is 5.44. The van der Waals surface area contributed by atoms with Crippen LogP contribution < -0.4 is 10.6 Å². The van der Waals surface area contributed by atoms with Crippen molar-refractivity contribution < 1.29 is 0 Å². The molecule has 2 N–H and O–H groups in total. The monoisotopic (exact) mass is 221 g/mol. The minimum Gasteiger partial charge on any atom is -0.373 e. The topological polar surface area (TPSA) is 42.1 Å². The Hall–Kier alpha value is -1.09. The van der Waals surface area contributed by atoms with Crippen LogP contribution in [0.25, 0.3) is 0 Å². The summed E-state index contributed by atoms with van der Waals surface area (Å²) in [5.74, 6) is 0. The van der Waals surface area contributed by atoms with Gasteiger partial charge in [-0.3, -0.25) is 4.98 Å². The number of hydrogen-bond donors (Lipinski definition) is 1. The van der Waals surface area contributed by atoms with Crippen LogP contribution >= 0.6 is 0 Å². The highest BCUT2D eigenvalue weighted by Crippen LogP contribution is 2.20. The van der Waals surface area contributed by atoms with Crippen molar-refractivity contribution in [3.05, 3.63) is 24.0 Å². The van der Waals surface area contributed by atoms with Gasteiger partial charge in [-0.15, -0.1) is 0 Å². The largest absolute Gasteiger partial charge is 0.373 e. The Bertz CT molecular complexity index is 322. The van der Waals surface area contributed by atoms with E-state index >= 15 is 0 Å². The van der Waals surface area contributed by atoms with E-state index < -0.39 is 0 Å². The summed E-state index contributed by atoms with van der Waals surface area (Å²) in [6.07, 6.45) is 1.89. The molecule has 90 valence electrons. The molecule has 0 saturated heterocycles. The molecule has 1 heterocycles. The van der Waals surface area contributed by atoms with Gasteiger partial charge < -0.3 is 10.6 Å². The fourth-order valence-electron chi connectivity index (χ4n) is 1.70. The summed E-state index contributed by atoms with van der Waals surface area (Å²) in [7, 11) is 2.09. The van der Waals surface area contributed by atoms with E-state index in [2.05, 4.69) is 43.8 Å². The van der Waals surface area contributed by atoms with E-state index in [9.17, 15) is 0 Å². The van der Waals surface area contributed by atoms with Gasteiger partial charge in [-0.1, -0.05) is 20.8 Å². The average molecular weight is 221 g/mol.